The molecule has 0 aromatic heterocycles. The van der Waals surface area contributed by atoms with Crippen LogP contribution in [-0.2, 0) is 4.74 Å². The number of aliphatic hydroxyl groups is 1. The number of hydrogen-bond donors (Lipinski definition) is 1. The van der Waals surface area contributed by atoms with Crippen LogP contribution in [0.1, 0.15) is 24.0 Å². The molecule has 0 bridgehead atoms. The van der Waals surface area contributed by atoms with E-state index >= 15 is 0 Å². The average molecular weight is 215 g/mol. The third-order valence-electron chi connectivity index (χ3n) is 2.65. The maximum atomic E-state index is 9.43. The van der Waals surface area contributed by atoms with Gasteiger partial charge in [0.1, 0.15) is 6.61 Å². The maximum Gasteiger partial charge on any atom is 0.113 e. The molecule has 16 heavy (non-hydrogen) atoms. The smallest absolute Gasteiger partial charge is 0.113 e. The standard InChI is InChI=1S/C13H13NO2/c14-7-10-1-3-11(4-2-10)12-5-6-13(15)9-16-8-12/h1-4,8,13,15H,5-6,9H2. The van der Waals surface area contributed by atoms with Crippen molar-refractivity contribution in [1.82, 2.24) is 0 Å². The first kappa shape index (κ1) is 10.7. The zero-order valence-electron chi connectivity index (χ0n) is 8.89. The van der Waals surface area contributed by atoms with E-state index in [0.717, 1.165) is 17.6 Å². The summed E-state index contributed by atoms with van der Waals surface area (Å²) in [5.74, 6) is 0. The molecule has 0 radical (unpaired) electrons. The van der Waals surface area contributed by atoms with E-state index in [2.05, 4.69) is 6.07 Å². The number of hydrogen-bond acceptors (Lipinski definition) is 3. The molecule has 1 aromatic rings. The van der Waals surface area contributed by atoms with Crippen LogP contribution in [0, 0.1) is 11.3 Å². The lowest BCUT2D eigenvalue weighted by Crippen LogP contribution is -2.10. The van der Waals surface area contributed by atoms with Gasteiger partial charge in [-0.2, -0.15) is 5.26 Å². The van der Waals surface area contributed by atoms with Crippen LogP contribution in [0.2, 0.25) is 0 Å². The second kappa shape index (κ2) is 4.82. The molecule has 1 aliphatic rings. The maximum absolute atomic E-state index is 9.43. The van der Waals surface area contributed by atoms with Crippen molar-refractivity contribution in [3.8, 4) is 6.07 Å². The Kier molecular flexibility index (Phi) is 3.23. The van der Waals surface area contributed by atoms with Crippen LogP contribution < -0.4 is 0 Å². The van der Waals surface area contributed by atoms with Crippen LogP contribution in [0.25, 0.3) is 5.57 Å². The Morgan fingerprint density at radius 2 is 2.06 bits per heavy atom. The van der Waals surface area contributed by atoms with Crippen molar-refractivity contribution in [3.05, 3.63) is 41.7 Å². The van der Waals surface area contributed by atoms with Gasteiger partial charge in [-0.25, -0.2) is 0 Å². The van der Waals surface area contributed by atoms with Crippen molar-refractivity contribution in [3.63, 3.8) is 0 Å². The summed E-state index contributed by atoms with van der Waals surface area (Å²) >= 11 is 0. The molecule has 1 atom stereocenters. The molecule has 1 aliphatic heterocycles. The first-order valence-electron chi connectivity index (χ1n) is 5.29. The average Bonchev–Trinajstić information content (AvgIpc) is 2.54. The van der Waals surface area contributed by atoms with Gasteiger partial charge in [-0.15, -0.1) is 0 Å². The zero-order valence-corrected chi connectivity index (χ0v) is 8.89. The number of rotatable bonds is 1. The normalized spacial score (nSPS) is 20.2. The molecule has 3 heteroatoms. The van der Waals surface area contributed by atoms with E-state index in [0.29, 0.717) is 18.6 Å². The topological polar surface area (TPSA) is 53.2 Å². The van der Waals surface area contributed by atoms with E-state index in [1.165, 1.54) is 0 Å². The lowest BCUT2D eigenvalue weighted by Gasteiger charge is -2.05. The summed E-state index contributed by atoms with van der Waals surface area (Å²) < 4.78 is 5.25. The molecular formula is C13H13NO2. The third kappa shape index (κ3) is 2.41. The first-order valence-corrected chi connectivity index (χ1v) is 5.29. The van der Waals surface area contributed by atoms with Gasteiger partial charge in [-0.1, -0.05) is 12.1 Å². The highest BCUT2D eigenvalue weighted by Crippen LogP contribution is 2.23. The fourth-order valence-electron chi connectivity index (χ4n) is 1.70. The minimum atomic E-state index is -0.382. The summed E-state index contributed by atoms with van der Waals surface area (Å²) in [6, 6.07) is 9.48. The monoisotopic (exact) mass is 215 g/mol. The van der Waals surface area contributed by atoms with Gasteiger partial charge in [0.05, 0.1) is 24.0 Å². The summed E-state index contributed by atoms with van der Waals surface area (Å²) in [5.41, 5.74) is 2.77. The van der Waals surface area contributed by atoms with Gasteiger partial charge in [0.15, 0.2) is 0 Å². The van der Waals surface area contributed by atoms with E-state index in [4.69, 9.17) is 10.00 Å². The molecule has 1 unspecified atom stereocenters. The van der Waals surface area contributed by atoms with Crippen LogP contribution in [0.5, 0.6) is 0 Å². The summed E-state index contributed by atoms with van der Waals surface area (Å²) in [7, 11) is 0. The number of ether oxygens (including phenoxy) is 1. The summed E-state index contributed by atoms with van der Waals surface area (Å²) in [6.45, 7) is 0.361. The molecular weight excluding hydrogens is 202 g/mol. The summed E-state index contributed by atoms with van der Waals surface area (Å²) in [4.78, 5) is 0. The van der Waals surface area contributed by atoms with Gasteiger partial charge in [0.2, 0.25) is 0 Å². The molecule has 1 heterocycles. The molecule has 1 N–H and O–H groups in total. The molecule has 0 saturated heterocycles. The van der Waals surface area contributed by atoms with Crippen LogP contribution in [0.4, 0.5) is 0 Å². The van der Waals surface area contributed by atoms with Crippen molar-refractivity contribution < 1.29 is 9.84 Å². The van der Waals surface area contributed by atoms with Gasteiger partial charge < -0.3 is 9.84 Å². The lowest BCUT2D eigenvalue weighted by atomic mass is 10.0. The number of allylic oxidation sites excluding steroid dienone is 1. The molecule has 2 rings (SSSR count). The van der Waals surface area contributed by atoms with Crippen molar-refractivity contribution >= 4 is 5.57 Å². The Morgan fingerprint density at radius 1 is 1.31 bits per heavy atom. The Morgan fingerprint density at radius 3 is 2.75 bits per heavy atom. The first-order chi connectivity index (χ1) is 7.79. The fraction of sp³-hybridized carbons (Fsp3) is 0.308. The predicted octanol–water partition coefficient (Wildman–Crippen LogP) is 2.07. The summed E-state index contributed by atoms with van der Waals surface area (Å²) in [5, 5.41) is 18.1. The molecule has 3 nitrogen and oxygen atoms in total. The van der Waals surface area contributed by atoms with Crippen molar-refractivity contribution in [2.24, 2.45) is 0 Å². The second-order valence-corrected chi connectivity index (χ2v) is 3.86. The van der Waals surface area contributed by atoms with E-state index in [9.17, 15) is 5.11 Å². The molecule has 1 aromatic carbocycles. The number of aliphatic hydroxyl groups excluding tert-OH is 1. The predicted molar refractivity (Wildman–Crippen MR) is 60.3 cm³/mol. The molecule has 0 spiro atoms. The van der Waals surface area contributed by atoms with Crippen LogP contribution in [0.3, 0.4) is 0 Å². The minimum Gasteiger partial charge on any atom is -0.498 e. The van der Waals surface area contributed by atoms with E-state index in [1.807, 2.05) is 12.1 Å². The van der Waals surface area contributed by atoms with E-state index < -0.39 is 0 Å². The van der Waals surface area contributed by atoms with E-state index in [1.54, 1.807) is 18.4 Å². The quantitative estimate of drug-likeness (QED) is 0.780. The number of benzene rings is 1. The number of nitriles is 1. The Bertz CT molecular complexity index is 428. The molecule has 0 aliphatic carbocycles. The third-order valence-corrected chi connectivity index (χ3v) is 2.65. The van der Waals surface area contributed by atoms with Crippen molar-refractivity contribution in [1.29, 1.82) is 5.26 Å². The fourth-order valence-corrected chi connectivity index (χ4v) is 1.70. The molecule has 0 saturated carbocycles. The minimum absolute atomic E-state index is 0.361. The van der Waals surface area contributed by atoms with Crippen LogP contribution >= 0.6 is 0 Å². The van der Waals surface area contributed by atoms with Crippen LogP contribution in [-0.4, -0.2) is 17.8 Å². The Labute approximate surface area is 94.6 Å². The van der Waals surface area contributed by atoms with E-state index in [-0.39, 0.29) is 6.10 Å². The van der Waals surface area contributed by atoms with Gasteiger partial charge in [-0.3, -0.25) is 0 Å². The summed E-state index contributed by atoms with van der Waals surface area (Å²) in [6.07, 6.45) is 2.84. The highest BCUT2D eigenvalue weighted by atomic mass is 16.5. The van der Waals surface area contributed by atoms with Crippen molar-refractivity contribution in [2.75, 3.05) is 6.61 Å². The van der Waals surface area contributed by atoms with Crippen LogP contribution in [0.15, 0.2) is 30.5 Å². The molecule has 0 amide bonds. The number of nitrogens with zero attached hydrogens (tertiary/aromatic N) is 1. The van der Waals surface area contributed by atoms with Gasteiger partial charge >= 0.3 is 0 Å². The Balaban J connectivity index is 2.17. The molecule has 0 fully saturated rings. The second-order valence-electron chi connectivity index (χ2n) is 3.86. The Hall–Kier alpha value is -1.79. The van der Waals surface area contributed by atoms with Gasteiger partial charge in [-0.05, 0) is 36.1 Å². The largest absolute Gasteiger partial charge is 0.498 e. The van der Waals surface area contributed by atoms with Crippen molar-refractivity contribution in [2.45, 2.75) is 18.9 Å². The highest BCUT2D eigenvalue weighted by Gasteiger charge is 2.12. The SMILES string of the molecule is N#Cc1ccc(C2=COCC(O)CC2)cc1. The van der Waals surface area contributed by atoms with Gasteiger partial charge in [0.25, 0.3) is 0 Å². The zero-order chi connectivity index (χ0) is 11.4. The van der Waals surface area contributed by atoms with Gasteiger partial charge in [0, 0.05) is 0 Å². The lowest BCUT2D eigenvalue weighted by molar-refractivity contribution is 0.0851. The highest BCUT2D eigenvalue weighted by molar-refractivity contribution is 5.65. The molecule has 82 valence electrons.